The number of carbonyl (C=O) groups is 1. The van der Waals surface area contributed by atoms with Crippen LogP contribution in [-0.4, -0.2) is 34.0 Å². The van der Waals surface area contributed by atoms with Gasteiger partial charge < -0.3 is 14.1 Å². The van der Waals surface area contributed by atoms with E-state index in [2.05, 4.69) is 0 Å². The summed E-state index contributed by atoms with van der Waals surface area (Å²) in [5.41, 5.74) is 1.63. The van der Waals surface area contributed by atoms with E-state index in [-0.39, 0.29) is 27.4 Å². The molecule has 3 heterocycles. The molecule has 0 aliphatic carbocycles. The van der Waals surface area contributed by atoms with Crippen LogP contribution >= 0.6 is 0 Å². The zero-order valence-corrected chi connectivity index (χ0v) is 16.1. The molecule has 3 aromatic rings. The van der Waals surface area contributed by atoms with Crippen molar-refractivity contribution in [1.82, 2.24) is 4.72 Å². The number of rotatable bonds is 4. The molecule has 2 aromatic carbocycles. The Labute approximate surface area is 166 Å². The molecule has 7 nitrogen and oxygen atoms in total. The number of nitrogens with one attached hydrogen (secondary N) is 1. The van der Waals surface area contributed by atoms with E-state index in [1.807, 2.05) is 9.62 Å². The van der Waals surface area contributed by atoms with E-state index in [1.54, 1.807) is 18.2 Å². The van der Waals surface area contributed by atoms with Gasteiger partial charge in [0.1, 0.15) is 22.0 Å². The molecule has 0 spiro atoms. The first kappa shape index (κ1) is 18.0. The molecule has 0 unspecified atom stereocenters. The van der Waals surface area contributed by atoms with Crippen LogP contribution in [0.4, 0.5) is 10.1 Å². The Balaban J connectivity index is 1.45. The van der Waals surface area contributed by atoms with Crippen LogP contribution in [0.3, 0.4) is 0 Å². The molecule has 0 bridgehead atoms. The maximum absolute atomic E-state index is 14.4. The third kappa shape index (κ3) is 3.02. The summed E-state index contributed by atoms with van der Waals surface area (Å²) in [6, 6.07) is 9.00. The van der Waals surface area contributed by atoms with Gasteiger partial charge in [-0.3, -0.25) is 4.79 Å². The van der Waals surface area contributed by atoms with Gasteiger partial charge in [-0.25, -0.2) is 17.5 Å². The number of ether oxygens (including phenoxy) is 1. The second kappa shape index (κ2) is 6.48. The van der Waals surface area contributed by atoms with Crippen molar-refractivity contribution in [1.29, 1.82) is 0 Å². The van der Waals surface area contributed by atoms with Gasteiger partial charge in [0.2, 0.25) is 0 Å². The lowest BCUT2D eigenvalue weighted by molar-refractivity contribution is 0.0956. The van der Waals surface area contributed by atoms with Crippen LogP contribution in [0.15, 0.2) is 45.7 Å². The normalized spacial score (nSPS) is 15.7. The van der Waals surface area contributed by atoms with Crippen LogP contribution in [0, 0.1) is 5.82 Å². The molecular formula is C20H17FN2O5S. The minimum absolute atomic E-state index is 0.108. The monoisotopic (exact) mass is 416 g/mol. The fourth-order valence-electron chi connectivity index (χ4n) is 3.58. The summed E-state index contributed by atoms with van der Waals surface area (Å²) in [5, 5.41) is 0.126. The Morgan fingerprint density at radius 3 is 2.76 bits per heavy atom. The Kier molecular flexibility index (Phi) is 4.02. The number of hydrogen-bond acceptors (Lipinski definition) is 6. The molecule has 0 atom stereocenters. The van der Waals surface area contributed by atoms with E-state index < -0.39 is 21.7 Å². The number of halogens is 1. The fraction of sp³-hybridized carbons (Fsp3) is 0.250. The molecular weight excluding hydrogens is 399 g/mol. The highest BCUT2D eigenvalue weighted by Gasteiger charge is 2.28. The Bertz CT molecular complexity index is 1250. The molecule has 150 valence electrons. The SMILES string of the molecule is O=C(NS(=O)(=O)c1cccc2c1OCC2)c1cc2c(F)cc(N3CCC3)cc2o1. The number of carbonyl (C=O) groups excluding carboxylic acids is 1. The number of hydrogen-bond donors (Lipinski definition) is 1. The second-order valence-electron chi connectivity index (χ2n) is 7.07. The maximum Gasteiger partial charge on any atom is 0.300 e. The third-order valence-corrected chi connectivity index (χ3v) is 6.57. The largest absolute Gasteiger partial charge is 0.492 e. The molecule has 0 saturated carbocycles. The molecule has 29 heavy (non-hydrogen) atoms. The van der Waals surface area contributed by atoms with Gasteiger partial charge in [-0.1, -0.05) is 12.1 Å². The third-order valence-electron chi connectivity index (χ3n) is 5.21. The summed E-state index contributed by atoms with van der Waals surface area (Å²) in [6.45, 7) is 2.05. The van der Waals surface area contributed by atoms with E-state index in [4.69, 9.17) is 9.15 Å². The van der Waals surface area contributed by atoms with Crippen molar-refractivity contribution in [3.8, 4) is 5.75 Å². The number of nitrogens with zero attached hydrogens (tertiary/aromatic N) is 1. The lowest BCUT2D eigenvalue weighted by atomic mass is 10.1. The summed E-state index contributed by atoms with van der Waals surface area (Å²) in [7, 11) is -4.18. The van der Waals surface area contributed by atoms with Crippen molar-refractivity contribution in [3.05, 3.63) is 53.5 Å². The topological polar surface area (TPSA) is 88.8 Å². The minimum Gasteiger partial charge on any atom is -0.492 e. The number of sulfonamides is 1. The van der Waals surface area contributed by atoms with E-state index in [9.17, 15) is 17.6 Å². The van der Waals surface area contributed by atoms with Crippen molar-refractivity contribution in [2.24, 2.45) is 0 Å². The van der Waals surface area contributed by atoms with Crippen LogP contribution in [-0.2, 0) is 16.4 Å². The van der Waals surface area contributed by atoms with Crippen LogP contribution in [0.2, 0.25) is 0 Å². The molecule has 1 N–H and O–H groups in total. The summed E-state index contributed by atoms with van der Waals surface area (Å²) in [6.07, 6.45) is 1.64. The number of furan rings is 1. The van der Waals surface area contributed by atoms with Crippen molar-refractivity contribution in [3.63, 3.8) is 0 Å². The van der Waals surface area contributed by atoms with Crippen molar-refractivity contribution < 1.29 is 26.8 Å². The predicted octanol–water partition coefficient (Wildman–Crippen LogP) is 2.84. The maximum atomic E-state index is 14.4. The Morgan fingerprint density at radius 1 is 1.17 bits per heavy atom. The summed E-state index contributed by atoms with van der Waals surface area (Å²) in [4.78, 5) is 14.4. The number of amides is 1. The summed E-state index contributed by atoms with van der Waals surface area (Å²) in [5.74, 6) is -1.52. The molecule has 1 amide bonds. The highest BCUT2D eigenvalue weighted by Crippen LogP contribution is 2.33. The molecule has 5 rings (SSSR count). The highest BCUT2D eigenvalue weighted by atomic mass is 32.2. The van der Waals surface area contributed by atoms with Gasteiger partial charge in [-0.2, -0.15) is 0 Å². The number of para-hydroxylation sites is 1. The number of fused-ring (bicyclic) bond motifs is 2. The molecule has 1 fully saturated rings. The molecule has 9 heteroatoms. The fourth-order valence-corrected chi connectivity index (χ4v) is 4.72. The average molecular weight is 416 g/mol. The molecule has 0 radical (unpaired) electrons. The zero-order valence-electron chi connectivity index (χ0n) is 15.3. The van der Waals surface area contributed by atoms with Crippen LogP contribution < -0.4 is 14.4 Å². The Hall–Kier alpha value is -3.07. The van der Waals surface area contributed by atoms with Gasteiger partial charge in [0.05, 0.1) is 12.0 Å². The first-order valence-corrected chi connectivity index (χ1v) is 10.7. The lowest BCUT2D eigenvalue weighted by Crippen LogP contribution is -2.36. The van der Waals surface area contributed by atoms with Crippen molar-refractivity contribution in [2.75, 3.05) is 24.6 Å². The average Bonchev–Trinajstić information content (AvgIpc) is 3.26. The first-order chi connectivity index (χ1) is 13.9. The number of benzene rings is 2. The number of anilines is 1. The molecule has 1 aromatic heterocycles. The molecule has 1 saturated heterocycles. The van der Waals surface area contributed by atoms with Gasteiger partial charge in [-0.15, -0.1) is 0 Å². The smallest absolute Gasteiger partial charge is 0.300 e. The quantitative estimate of drug-likeness (QED) is 0.704. The Morgan fingerprint density at radius 2 is 2.00 bits per heavy atom. The van der Waals surface area contributed by atoms with E-state index in [1.165, 1.54) is 18.2 Å². The standard InChI is InChI=1S/C20H17FN2O5S/c21-15-9-13(23-6-2-7-23)10-16-14(15)11-17(28-16)20(24)22-29(25,26)18-4-1-3-12-5-8-27-19(12)18/h1,3-4,9-11H,2,5-8H2,(H,22,24). The lowest BCUT2D eigenvalue weighted by Gasteiger charge is -2.33. The van der Waals surface area contributed by atoms with E-state index in [0.29, 0.717) is 18.7 Å². The summed E-state index contributed by atoms with van der Waals surface area (Å²) >= 11 is 0. The minimum atomic E-state index is -4.18. The highest BCUT2D eigenvalue weighted by molar-refractivity contribution is 7.90. The van der Waals surface area contributed by atoms with Crippen molar-refractivity contribution in [2.45, 2.75) is 17.7 Å². The van der Waals surface area contributed by atoms with Crippen molar-refractivity contribution >= 4 is 32.6 Å². The van der Waals surface area contributed by atoms with Crippen LogP contribution in [0.5, 0.6) is 5.75 Å². The van der Waals surface area contributed by atoms with Gasteiger partial charge in [0.15, 0.2) is 5.76 Å². The first-order valence-electron chi connectivity index (χ1n) is 9.22. The van der Waals surface area contributed by atoms with Gasteiger partial charge in [0.25, 0.3) is 10.0 Å². The van der Waals surface area contributed by atoms with Gasteiger partial charge >= 0.3 is 5.91 Å². The van der Waals surface area contributed by atoms with Gasteiger partial charge in [-0.05, 0) is 24.1 Å². The van der Waals surface area contributed by atoms with Crippen LogP contribution in [0.1, 0.15) is 22.5 Å². The molecule has 2 aliphatic rings. The van der Waals surface area contributed by atoms with E-state index >= 15 is 0 Å². The predicted molar refractivity (Wildman–Crippen MR) is 103 cm³/mol. The van der Waals surface area contributed by atoms with Gasteiger partial charge in [0, 0.05) is 37.3 Å². The van der Waals surface area contributed by atoms with Crippen LogP contribution in [0.25, 0.3) is 11.0 Å². The second-order valence-corrected chi connectivity index (χ2v) is 8.72. The zero-order chi connectivity index (χ0) is 20.2. The van der Waals surface area contributed by atoms with E-state index in [0.717, 1.165) is 25.1 Å². The summed E-state index contributed by atoms with van der Waals surface area (Å²) < 4.78 is 52.7. The molecule has 2 aliphatic heterocycles.